The average molecular weight is 474 g/mol. The lowest BCUT2D eigenvalue weighted by molar-refractivity contribution is -0.0111. The van der Waals surface area contributed by atoms with Gasteiger partial charge in [-0.1, -0.05) is 41.5 Å². The minimum absolute atomic E-state index is 0.172. The van der Waals surface area contributed by atoms with Gasteiger partial charge in [-0.15, -0.1) is 0 Å². The third-order valence-electron chi connectivity index (χ3n) is 5.91. The van der Waals surface area contributed by atoms with Crippen LogP contribution in [0.5, 0.6) is 0 Å². The maximum atomic E-state index is 13.8. The third-order valence-corrected chi connectivity index (χ3v) is 5.91. The molecule has 0 bridgehead atoms. The first-order valence-corrected chi connectivity index (χ1v) is 12.2. The quantitative estimate of drug-likeness (QED) is 0.471. The van der Waals surface area contributed by atoms with E-state index in [2.05, 4.69) is 27.7 Å². The van der Waals surface area contributed by atoms with Crippen LogP contribution < -0.4 is 0 Å². The van der Waals surface area contributed by atoms with E-state index >= 15 is 0 Å². The summed E-state index contributed by atoms with van der Waals surface area (Å²) in [6, 6.07) is 4.53. The van der Waals surface area contributed by atoms with Crippen molar-refractivity contribution in [3.63, 3.8) is 0 Å². The third kappa shape index (κ3) is 7.31. The Morgan fingerprint density at radius 1 is 0.735 bits per heavy atom. The van der Waals surface area contributed by atoms with Gasteiger partial charge in [0.25, 0.3) is 5.91 Å². The predicted molar refractivity (Wildman–Crippen MR) is 134 cm³/mol. The molecule has 6 heteroatoms. The lowest BCUT2D eigenvalue weighted by Crippen LogP contribution is -2.60. The van der Waals surface area contributed by atoms with Crippen LogP contribution in [-0.2, 0) is 9.47 Å². The van der Waals surface area contributed by atoms with E-state index < -0.39 is 11.9 Å². The SMILES string of the molecule is CC(C)(C)COC(=O)c1cc(C(=O)OCC(C)(C)C)cc(C(=O)N2C(C)(C)CCCC2(C)C)c1. The van der Waals surface area contributed by atoms with E-state index in [1.54, 1.807) is 0 Å². The van der Waals surface area contributed by atoms with Gasteiger partial charge in [-0.05, 0) is 76.0 Å². The Hall–Kier alpha value is -2.37. The number of hydrogen-bond donors (Lipinski definition) is 0. The highest BCUT2D eigenvalue weighted by Crippen LogP contribution is 2.39. The molecule has 1 aliphatic heterocycles. The van der Waals surface area contributed by atoms with E-state index in [0.29, 0.717) is 0 Å². The van der Waals surface area contributed by atoms with Crippen molar-refractivity contribution in [3.8, 4) is 0 Å². The van der Waals surface area contributed by atoms with Crippen molar-refractivity contribution in [1.29, 1.82) is 0 Å². The van der Waals surface area contributed by atoms with Crippen LogP contribution in [-0.4, -0.2) is 47.0 Å². The van der Waals surface area contributed by atoms with E-state index in [1.807, 2.05) is 46.4 Å². The lowest BCUT2D eigenvalue weighted by atomic mass is 9.79. The van der Waals surface area contributed by atoms with Crippen molar-refractivity contribution in [3.05, 3.63) is 34.9 Å². The number of carbonyl (C=O) groups excluding carboxylic acids is 3. The van der Waals surface area contributed by atoms with Crippen molar-refractivity contribution < 1.29 is 23.9 Å². The Morgan fingerprint density at radius 3 is 1.44 bits per heavy atom. The summed E-state index contributed by atoms with van der Waals surface area (Å²) < 4.78 is 11.0. The minimum atomic E-state index is -0.563. The molecule has 190 valence electrons. The normalized spacial score (nSPS) is 17.8. The minimum Gasteiger partial charge on any atom is -0.462 e. The van der Waals surface area contributed by atoms with E-state index in [4.69, 9.17) is 9.47 Å². The summed E-state index contributed by atoms with van der Waals surface area (Å²) in [5.74, 6) is -1.33. The van der Waals surface area contributed by atoms with E-state index in [0.717, 1.165) is 19.3 Å². The van der Waals surface area contributed by atoms with Gasteiger partial charge in [0.2, 0.25) is 0 Å². The lowest BCUT2D eigenvalue weighted by Gasteiger charge is -2.53. The van der Waals surface area contributed by atoms with Gasteiger partial charge in [0.05, 0.1) is 24.3 Å². The predicted octanol–water partition coefficient (Wildman–Crippen LogP) is 6.28. The summed E-state index contributed by atoms with van der Waals surface area (Å²) in [5, 5.41) is 0. The molecule has 2 rings (SSSR count). The zero-order valence-corrected chi connectivity index (χ0v) is 22.8. The summed E-state index contributed by atoms with van der Waals surface area (Å²) in [7, 11) is 0. The van der Waals surface area contributed by atoms with Crippen molar-refractivity contribution >= 4 is 17.8 Å². The fourth-order valence-corrected chi connectivity index (χ4v) is 4.39. The number of carbonyl (C=O) groups is 3. The molecule has 1 aromatic rings. The highest BCUT2D eigenvalue weighted by Gasteiger charge is 2.44. The highest BCUT2D eigenvalue weighted by molar-refractivity contribution is 6.02. The Balaban J connectivity index is 2.50. The second-order valence-electron chi connectivity index (χ2n) is 13.2. The fraction of sp³-hybridized carbons (Fsp3) is 0.679. The van der Waals surface area contributed by atoms with E-state index in [1.165, 1.54) is 18.2 Å². The van der Waals surface area contributed by atoms with Gasteiger partial charge in [-0.3, -0.25) is 4.79 Å². The molecule has 0 N–H and O–H groups in total. The highest BCUT2D eigenvalue weighted by atomic mass is 16.5. The first kappa shape index (κ1) is 27.9. The molecule has 1 amide bonds. The first-order valence-electron chi connectivity index (χ1n) is 12.2. The molecule has 1 heterocycles. The number of hydrogen-bond acceptors (Lipinski definition) is 5. The van der Waals surface area contributed by atoms with Crippen molar-refractivity contribution in [2.75, 3.05) is 13.2 Å². The molecule has 0 saturated carbocycles. The molecule has 0 aromatic heterocycles. The second-order valence-corrected chi connectivity index (χ2v) is 13.2. The Bertz CT molecular complexity index is 867. The van der Waals surface area contributed by atoms with Gasteiger partial charge in [0, 0.05) is 16.6 Å². The number of rotatable bonds is 5. The number of ether oxygens (including phenoxy) is 2. The number of benzene rings is 1. The Morgan fingerprint density at radius 2 is 1.09 bits per heavy atom. The van der Waals surface area contributed by atoms with Crippen LogP contribution in [0.25, 0.3) is 0 Å². The molecule has 0 spiro atoms. The maximum absolute atomic E-state index is 13.8. The molecule has 0 atom stereocenters. The molecular weight excluding hydrogens is 430 g/mol. The zero-order valence-electron chi connectivity index (χ0n) is 22.8. The number of nitrogens with zero attached hydrogens (tertiary/aromatic N) is 1. The van der Waals surface area contributed by atoms with E-state index in [-0.39, 0.29) is 57.7 Å². The molecule has 0 radical (unpaired) electrons. The monoisotopic (exact) mass is 473 g/mol. The van der Waals surface area contributed by atoms with Crippen LogP contribution >= 0.6 is 0 Å². The molecule has 1 aromatic carbocycles. The van der Waals surface area contributed by atoms with Crippen molar-refractivity contribution in [2.45, 2.75) is 99.6 Å². The molecule has 6 nitrogen and oxygen atoms in total. The van der Waals surface area contributed by atoms with Crippen LogP contribution in [0.3, 0.4) is 0 Å². The largest absolute Gasteiger partial charge is 0.462 e. The first-order chi connectivity index (χ1) is 15.3. The van der Waals surface area contributed by atoms with E-state index in [9.17, 15) is 14.4 Å². The van der Waals surface area contributed by atoms with Gasteiger partial charge in [-0.25, -0.2) is 9.59 Å². The molecule has 1 fully saturated rings. The zero-order chi connectivity index (χ0) is 26.1. The molecular formula is C28H43NO5. The van der Waals surface area contributed by atoms with Crippen LogP contribution in [0.1, 0.15) is 120 Å². The maximum Gasteiger partial charge on any atom is 0.338 e. The van der Waals surface area contributed by atoms with Crippen LogP contribution in [0.15, 0.2) is 18.2 Å². The number of piperidine rings is 1. The second kappa shape index (κ2) is 9.71. The molecule has 34 heavy (non-hydrogen) atoms. The summed E-state index contributed by atoms with van der Waals surface area (Å²) in [5.41, 5.74) is -0.492. The summed E-state index contributed by atoms with van der Waals surface area (Å²) in [6.45, 7) is 20.5. The molecule has 1 aliphatic rings. The summed E-state index contributed by atoms with van der Waals surface area (Å²) in [6.07, 6.45) is 2.80. The van der Waals surface area contributed by atoms with Crippen LogP contribution in [0, 0.1) is 10.8 Å². The van der Waals surface area contributed by atoms with Crippen LogP contribution in [0.4, 0.5) is 0 Å². The number of esters is 2. The molecule has 0 aliphatic carbocycles. The van der Waals surface area contributed by atoms with Gasteiger partial charge in [-0.2, -0.15) is 0 Å². The van der Waals surface area contributed by atoms with Gasteiger partial charge in [0.1, 0.15) is 0 Å². The fourth-order valence-electron chi connectivity index (χ4n) is 4.39. The topological polar surface area (TPSA) is 72.9 Å². The summed E-state index contributed by atoms with van der Waals surface area (Å²) >= 11 is 0. The molecule has 0 unspecified atom stereocenters. The summed E-state index contributed by atoms with van der Waals surface area (Å²) in [4.78, 5) is 41.5. The Kier molecular flexibility index (Phi) is 7.96. The standard InChI is InChI=1S/C28H43NO5/c1-25(2,3)17-33-23(31)20-14-19(15-21(16-20)24(32)34-18-26(4,5)6)22(30)29-27(7,8)12-11-13-28(29,9)10/h14-16H,11-13,17-18H2,1-10H3. The van der Waals surface area contributed by atoms with Crippen molar-refractivity contribution in [2.24, 2.45) is 10.8 Å². The number of amides is 1. The molecule has 1 saturated heterocycles. The average Bonchev–Trinajstić information content (AvgIpc) is 2.67. The van der Waals surface area contributed by atoms with Crippen LogP contribution in [0.2, 0.25) is 0 Å². The smallest absolute Gasteiger partial charge is 0.338 e. The Labute approximate surface area is 205 Å². The van der Waals surface area contributed by atoms with Gasteiger partial charge < -0.3 is 14.4 Å². The van der Waals surface area contributed by atoms with Gasteiger partial charge in [0.15, 0.2) is 0 Å². The van der Waals surface area contributed by atoms with Crippen molar-refractivity contribution in [1.82, 2.24) is 4.90 Å². The number of likely N-dealkylation sites (tertiary alicyclic amines) is 1. The van der Waals surface area contributed by atoms with Gasteiger partial charge >= 0.3 is 11.9 Å².